The molecule has 90 valence electrons. The van der Waals surface area contributed by atoms with E-state index in [0.29, 0.717) is 5.69 Å². The van der Waals surface area contributed by atoms with Gasteiger partial charge < -0.3 is 10.5 Å². The van der Waals surface area contributed by atoms with Gasteiger partial charge in [0, 0.05) is 12.4 Å². The fourth-order valence-corrected chi connectivity index (χ4v) is 1.05. The summed E-state index contributed by atoms with van der Waals surface area (Å²) in [6.07, 6.45) is 2.40. The van der Waals surface area contributed by atoms with Crippen molar-refractivity contribution in [2.45, 2.75) is 6.92 Å². The molecule has 0 saturated heterocycles. The number of hydrogen-bond acceptors (Lipinski definition) is 4. The largest absolute Gasteiger partial charge is 0.462 e. The van der Waals surface area contributed by atoms with Crippen molar-refractivity contribution in [1.82, 2.24) is 0 Å². The molecule has 0 aromatic heterocycles. The maximum atomic E-state index is 12.6. The van der Waals surface area contributed by atoms with E-state index in [1.54, 1.807) is 6.92 Å². The highest BCUT2D eigenvalue weighted by Gasteiger charge is 2.06. The van der Waals surface area contributed by atoms with Gasteiger partial charge in [-0.3, -0.25) is 4.99 Å². The molecule has 2 N–H and O–H groups in total. The quantitative estimate of drug-likeness (QED) is 0.493. The van der Waals surface area contributed by atoms with Crippen LogP contribution in [0.25, 0.3) is 0 Å². The number of ether oxygens (including phenoxy) is 1. The van der Waals surface area contributed by atoms with Crippen molar-refractivity contribution >= 4 is 17.9 Å². The van der Waals surface area contributed by atoms with Gasteiger partial charge in [0.15, 0.2) is 0 Å². The molecule has 17 heavy (non-hydrogen) atoms. The van der Waals surface area contributed by atoms with Gasteiger partial charge in [-0.1, -0.05) is 0 Å². The van der Waals surface area contributed by atoms with Gasteiger partial charge in [-0.15, -0.1) is 0 Å². The van der Waals surface area contributed by atoms with Crippen LogP contribution in [0.5, 0.6) is 0 Å². The zero-order chi connectivity index (χ0) is 12.7. The molecule has 0 aliphatic carbocycles. The van der Waals surface area contributed by atoms with E-state index in [-0.39, 0.29) is 18.0 Å². The molecule has 0 aliphatic heterocycles. The van der Waals surface area contributed by atoms with Crippen LogP contribution in [0.1, 0.15) is 6.92 Å². The summed E-state index contributed by atoms with van der Waals surface area (Å²) in [5.74, 6) is -0.884. The van der Waals surface area contributed by atoms with Crippen LogP contribution in [0.4, 0.5) is 10.1 Å². The van der Waals surface area contributed by atoms with Crippen LogP contribution >= 0.6 is 0 Å². The first-order chi connectivity index (χ1) is 8.17. The third-order valence-corrected chi connectivity index (χ3v) is 1.87. The molecule has 0 aliphatic rings. The number of esters is 1. The molecule has 0 bridgehead atoms. The fourth-order valence-electron chi connectivity index (χ4n) is 1.05. The number of carbonyl (C=O) groups excluding carboxylic acids is 1. The van der Waals surface area contributed by atoms with Crippen molar-refractivity contribution in [2.75, 3.05) is 6.61 Å². The van der Waals surface area contributed by atoms with Crippen LogP contribution in [-0.4, -0.2) is 18.8 Å². The van der Waals surface area contributed by atoms with Gasteiger partial charge in [0.05, 0.1) is 17.9 Å². The van der Waals surface area contributed by atoms with Crippen LogP contribution in [0.3, 0.4) is 0 Å². The minimum absolute atomic E-state index is 0.149. The van der Waals surface area contributed by atoms with Crippen molar-refractivity contribution in [3.63, 3.8) is 0 Å². The van der Waals surface area contributed by atoms with E-state index in [9.17, 15) is 9.18 Å². The Morgan fingerprint density at radius 2 is 2.12 bits per heavy atom. The van der Waals surface area contributed by atoms with Crippen molar-refractivity contribution in [3.05, 3.63) is 41.9 Å². The average molecular weight is 236 g/mol. The summed E-state index contributed by atoms with van der Waals surface area (Å²) in [6.45, 7) is 1.96. The van der Waals surface area contributed by atoms with Crippen LogP contribution in [-0.2, 0) is 9.53 Å². The summed E-state index contributed by atoms with van der Waals surface area (Å²) in [6, 6.07) is 5.54. The number of benzene rings is 1. The van der Waals surface area contributed by atoms with E-state index in [1.165, 1.54) is 30.5 Å². The van der Waals surface area contributed by atoms with Gasteiger partial charge >= 0.3 is 5.97 Å². The third-order valence-electron chi connectivity index (χ3n) is 1.87. The number of hydrogen-bond donors (Lipinski definition) is 1. The first-order valence-corrected chi connectivity index (χ1v) is 5.06. The van der Waals surface area contributed by atoms with Crippen LogP contribution in [0.2, 0.25) is 0 Å². The van der Waals surface area contributed by atoms with E-state index in [4.69, 9.17) is 10.5 Å². The summed E-state index contributed by atoms with van der Waals surface area (Å²) in [4.78, 5) is 15.3. The smallest absolute Gasteiger partial charge is 0.341 e. The lowest BCUT2D eigenvalue weighted by molar-refractivity contribution is -0.137. The Hall–Kier alpha value is -2.17. The van der Waals surface area contributed by atoms with Gasteiger partial charge in [-0.25, -0.2) is 9.18 Å². The van der Waals surface area contributed by atoms with Crippen molar-refractivity contribution in [1.29, 1.82) is 0 Å². The number of halogens is 1. The van der Waals surface area contributed by atoms with E-state index in [0.717, 1.165) is 6.20 Å². The highest BCUT2D eigenvalue weighted by atomic mass is 19.1. The molecular weight excluding hydrogens is 223 g/mol. The Kier molecular flexibility index (Phi) is 4.87. The molecule has 0 radical (unpaired) electrons. The summed E-state index contributed by atoms with van der Waals surface area (Å²) in [7, 11) is 0. The normalized spacial score (nSPS) is 11.8. The predicted octanol–water partition coefficient (Wildman–Crippen LogP) is 1.93. The molecule has 1 rings (SSSR count). The van der Waals surface area contributed by atoms with Gasteiger partial charge in [0.25, 0.3) is 0 Å². The molecule has 0 amide bonds. The first kappa shape index (κ1) is 12.9. The maximum absolute atomic E-state index is 12.6. The Labute approximate surface area is 98.6 Å². The summed E-state index contributed by atoms with van der Waals surface area (Å²) in [5, 5.41) is 0. The second-order valence-electron chi connectivity index (χ2n) is 3.08. The van der Waals surface area contributed by atoms with Crippen LogP contribution in [0.15, 0.2) is 41.0 Å². The molecule has 5 heteroatoms. The molecule has 0 fully saturated rings. The van der Waals surface area contributed by atoms with Gasteiger partial charge in [-0.2, -0.15) is 0 Å². The summed E-state index contributed by atoms with van der Waals surface area (Å²) < 4.78 is 17.4. The Morgan fingerprint density at radius 3 is 2.65 bits per heavy atom. The minimum Gasteiger partial charge on any atom is -0.462 e. The number of nitrogens with two attached hydrogens (primary N) is 1. The van der Waals surface area contributed by atoms with Gasteiger partial charge in [0.2, 0.25) is 0 Å². The number of aliphatic imine (C=N–C) groups is 1. The summed E-state index contributed by atoms with van der Waals surface area (Å²) in [5.41, 5.74) is 5.95. The van der Waals surface area contributed by atoms with E-state index < -0.39 is 5.97 Å². The van der Waals surface area contributed by atoms with E-state index >= 15 is 0 Å². The monoisotopic (exact) mass is 236 g/mol. The second kappa shape index (κ2) is 6.42. The lowest BCUT2D eigenvalue weighted by Gasteiger charge is -2.00. The Bertz CT molecular complexity index is 438. The zero-order valence-electron chi connectivity index (χ0n) is 9.39. The molecule has 0 unspecified atom stereocenters. The van der Waals surface area contributed by atoms with Crippen molar-refractivity contribution < 1.29 is 13.9 Å². The fraction of sp³-hybridized carbons (Fsp3) is 0.167. The standard InChI is InChI=1S/C12H13FN2O2/c1-2-17-12(16)9(7-14)8-15-11-5-3-10(13)4-6-11/h3-8H,2,14H2,1H3. The van der Waals surface area contributed by atoms with Crippen molar-refractivity contribution in [2.24, 2.45) is 10.7 Å². The molecule has 1 aromatic carbocycles. The number of carbonyl (C=O) groups is 1. The average Bonchev–Trinajstić information content (AvgIpc) is 2.32. The first-order valence-electron chi connectivity index (χ1n) is 5.06. The molecule has 0 heterocycles. The van der Waals surface area contributed by atoms with Crippen LogP contribution in [0, 0.1) is 5.82 Å². The topological polar surface area (TPSA) is 64.7 Å². The van der Waals surface area contributed by atoms with Crippen LogP contribution < -0.4 is 5.73 Å². The third kappa shape index (κ3) is 4.06. The predicted molar refractivity (Wildman–Crippen MR) is 63.5 cm³/mol. The van der Waals surface area contributed by atoms with Gasteiger partial charge in [0.1, 0.15) is 5.82 Å². The van der Waals surface area contributed by atoms with E-state index in [2.05, 4.69) is 4.99 Å². The molecule has 1 aromatic rings. The maximum Gasteiger partial charge on any atom is 0.341 e. The Morgan fingerprint density at radius 1 is 1.47 bits per heavy atom. The van der Waals surface area contributed by atoms with Gasteiger partial charge in [-0.05, 0) is 31.2 Å². The van der Waals surface area contributed by atoms with Crippen molar-refractivity contribution in [3.8, 4) is 0 Å². The lowest BCUT2D eigenvalue weighted by atomic mass is 10.3. The van der Waals surface area contributed by atoms with E-state index in [1.807, 2.05) is 0 Å². The lowest BCUT2D eigenvalue weighted by Crippen LogP contribution is -2.10. The molecule has 4 nitrogen and oxygen atoms in total. The second-order valence-corrected chi connectivity index (χ2v) is 3.08. The number of rotatable bonds is 4. The summed E-state index contributed by atoms with van der Waals surface area (Å²) >= 11 is 0. The highest BCUT2D eigenvalue weighted by molar-refractivity contribution is 6.09. The highest BCUT2D eigenvalue weighted by Crippen LogP contribution is 2.12. The molecule has 0 atom stereocenters. The molecule has 0 saturated carbocycles. The SMILES string of the molecule is CCOC(=O)C(C=Nc1ccc(F)cc1)=CN. The minimum atomic E-state index is -0.541. The zero-order valence-corrected chi connectivity index (χ0v) is 9.39. The molecular formula is C12H13FN2O2. The Balaban J connectivity index is 2.75. The number of nitrogens with zero attached hydrogens (tertiary/aromatic N) is 1. The molecule has 0 spiro atoms.